The van der Waals surface area contributed by atoms with E-state index in [9.17, 15) is 14.4 Å². The largest absolute Gasteiger partial charge is 0.462 e. The van der Waals surface area contributed by atoms with E-state index in [2.05, 4.69) is 48.1 Å². The van der Waals surface area contributed by atoms with Gasteiger partial charge in [-0.3, -0.25) is 14.4 Å². The molecule has 0 heterocycles. The summed E-state index contributed by atoms with van der Waals surface area (Å²) in [6.07, 6.45) is 42.3. The predicted molar refractivity (Wildman–Crippen MR) is 257 cm³/mol. The minimum Gasteiger partial charge on any atom is -0.462 e. The molecule has 0 spiro atoms. The van der Waals surface area contributed by atoms with Crippen LogP contribution in [0.1, 0.15) is 239 Å². The lowest BCUT2D eigenvalue weighted by atomic mass is 10.0. The number of esters is 1. The number of anilines is 2. The number of nitrogens with zero attached hydrogens (tertiary/aromatic N) is 1. The molecule has 58 heavy (non-hydrogen) atoms. The van der Waals surface area contributed by atoms with E-state index >= 15 is 0 Å². The second-order valence-electron chi connectivity index (χ2n) is 17.4. The van der Waals surface area contributed by atoms with Gasteiger partial charge >= 0.3 is 5.97 Å². The molecule has 8 heteroatoms. The first-order chi connectivity index (χ1) is 28.5. The molecular weight excluding hydrogens is 739 g/mol. The van der Waals surface area contributed by atoms with Gasteiger partial charge in [0, 0.05) is 20.0 Å². The van der Waals surface area contributed by atoms with E-state index in [1.54, 1.807) is 7.05 Å². The van der Waals surface area contributed by atoms with Crippen molar-refractivity contribution in [1.82, 2.24) is 4.90 Å². The van der Waals surface area contributed by atoms with Gasteiger partial charge in [-0.1, -0.05) is 168 Å². The predicted octanol–water partition coefficient (Wildman–Crippen LogP) is 14.0. The van der Waals surface area contributed by atoms with Gasteiger partial charge in [-0.05, 0) is 95.3 Å². The Morgan fingerprint density at radius 2 is 0.914 bits per heavy atom. The summed E-state index contributed by atoms with van der Waals surface area (Å²) < 4.78 is 6.07. The molecule has 0 saturated carbocycles. The van der Waals surface area contributed by atoms with Crippen molar-refractivity contribution >= 4 is 29.1 Å². The standard InChI is InChI=1S/C50H95N3O4S/c1-5-8-11-14-18-26-33-43-58-44-34-27-19-17-24-31-40-53(42-35-39-52-48-47(51-4)49(55)50(48)56)41-32-25-20-23-30-38-46(54)57-45(36-28-21-15-12-9-6-2)37-29-22-16-13-10-7-3/h45,51-52H,5-44H2,1-4H3. The fourth-order valence-corrected chi connectivity index (χ4v) is 9.13. The van der Waals surface area contributed by atoms with Crippen LogP contribution in [-0.2, 0) is 9.53 Å². The number of unbranched alkanes of at least 4 members (excludes halogenated alkanes) is 25. The lowest BCUT2D eigenvalue weighted by Gasteiger charge is -2.23. The molecule has 0 amide bonds. The third kappa shape index (κ3) is 30.5. The Balaban J connectivity index is 2.32. The van der Waals surface area contributed by atoms with E-state index in [0.717, 1.165) is 58.2 Å². The van der Waals surface area contributed by atoms with Crippen molar-refractivity contribution in [3.05, 3.63) is 20.4 Å². The summed E-state index contributed by atoms with van der Waals surface area (Å²) in [5.41, 5.74) is 0.0534. The van der Waals surface area contributed by atoms with Crippen LogP contribution in [-0.4, -0.2) is 61.7 Å². The first-order valence-electron chi connectivity index (χ1n) is 25.2. The van der Waals surface area contributed by atoms with Gasteiger partial charge in [0.15, 0.2) is 0 Å². The van der Waals surface area contributed by atoms with Crippen molar-refractivity contribution in [2.75, 3.05) is 55.4 Å². The number of carbonyl (C=O) groups excluding carboxylic acids is 1. The molecule has 0 aliphatic heterocycles. The zero-order valence-corrected chi connectivity index (χ0v) is 39.7. The van der Waals surface area contributed by atoms with E-state index in [-0.39, 0.29) is 12.1 Å². The molecule has 1 rings (SSSR count). The van der Waals surface area contributed by atoms with Crippen LogP contribution in [0.2, 0.25) is 0 Å². The fourth-order valence-electron chi connectivity index (χ4n) is 8.11. The Morgan fingerprint density at radius 1 is 0.517 bits per heavy atom. The maximum atomic E-state index is 12.9. The van der Waals surface area contributed by atoms with Crippen molar-refractivity contribution in [3.63, 3.8) is 0 Å². The molecule has 0 aliphatic carbocycles. The van der Waals surface area contributed by atoms with Crippen LogP contribution >= 0.6 is 11.8 Å². The molecule has 7 nitrogen and oxygen atoms in total. The summed E-state index contributed by atoms with van der Waals surface area (Å²) in [5, 5.41) is 6.06. The Kier molecular flexibility index (Phi) is 38.4. The molecule has 0 saturated heterocycles. The third-order valence-electron chi connectivity index (χ3n) is 11.9. The molecule has 1 aromatic carbocycles. The zero-order valence-electron chi connectivity index (χ0n) is 38.9. The van der Waals surface area contributed by atoms with Crippen LogP contribution in [0.3, 0.4) is 0 Å². The molecule has 0 atom stereocenters. The smallest absolute Gasteiger partial charge is 0.306 e. The molecule has 0 fully saturated rings. The summed E-state index contributed by atoms with van der Waals surface area (Å²) in [6.45, 7) is 10.7. The Hall–Kier alpha value is -1.54. The van der Waals surface area contributed by atoms with E-state index in [1.165, 1.54) is 185 Å². The van der Waals surface area contributed by atoms with Crippen molar-refractivity contribution in [2.24, 2.45) is 0 Å². The van der Waals surface area contributed by atoms with Crippen LogP contribution in [0.4, 0.5) is 11.4 Å². The number of hydrogen-bond acceptors (Lipinski definition) is 8. The van der Waals surface area contributed by atoms with Crippen molar-refractivity contribution in [3.8, 4) is 0 Å². The molecule has 0 aromatic heterocycles. The molecule has 1 aromatic rings. The van der Waals surface area contributed by atoms with Crippen molar-refractivity contribution < 1.29 is 9.53 Å². The molecule has 0 bridgehead atoms. The maximum absolute atomic E-state index is 12.9. The first kappa shape index (κ1) is 54.5. The highest BCUT2D eigenvalue weighted by atomic mass is 32.2. The number of hydrogen-bond donors (Lipinski definition) is 2. The lowest BCUT2D eigenvalue weighted by molar-refractivity contribution is -0.150. The van der Waals surface area contributed by atoms with Gasteiger partial charge in [0.05, 0.1) is 0 Å². The van der Waals surface area contributed by atoms with Crippen molar-refractivity contribution in [2.45, 2.75) is 245 Å². The summed E-state index contributed by atoms with van der Waals surface area (Å²) in [4.78, 5) is 39.2. The first-order valence-corrected chi connectivity index (χ1v) is 26.4. The zero-order chi connectivity index (χ0) is 42.2. The van der Waals surface area contributed by atoms with Crippen LogP contribution in [0.25, 0.3) is 0 Å². The van der Waals surface area contributed by atoms with E-state index < -0.39 is 10.9 Å². The van der Waals surface area contributed by atoms with Crippen LogP contribution < -0.4 is 21.5 Å². The average Bonchev–Trinajstić information content (AvgIpc) is 3.22. The highest BCUT2D eigenvalue weighted by molar-refractivity contribution is 7.99. The number of rotatable bonds is 46. The minimum absolute atomic E-state index is 0.0185. The number of thioether (sulfide) groups is 1. The van der Waals surface area contributed by atoms with Gasteiger partial charge < -0.3 is 20.3 Å². The summed E-state index contributed by atoms with van der Waals surface area (Å²) in [5.74, 6) is 2.69. The maximum Gasteiger partial charge on any atom is 0.306 e. The van der Waals surface area contributed by atoms with Gasteiger partial charge in [0.1, 0.15) is 17.5 Å². The fraction of sp³-hybridized carbons (Fsp3) is 0.900. The Bertz CT molecular complexity index is 1110. The molecule has 2 N–H and O–H groups in total. The highest BCUT2D eigenvalue weighted by Crippen LogP contribution is 2.19. The minimum atomic E-state index is -0.415. The quantitative estimate of drug-likeness (QED) is 0.0381. The second kappa shape index (κ2) is 40.8. The number of nitrogens with one attached hydrogen (secondary N) is 2. The van der Waals surface area contributed by atoms with Crippen LogP contribution in [0, 0.1) is 0 Å². The molecule has 0 radical (unpaired) electrons. The Labute approximate surface area is 363 Å². The number of carbonyl (C=O) groups is 1. The summed E-state index contributed by atoms with van der Waals surface area (Å²) in [6, 6.07) is 0. The van der Waals surface area contributed by atoms with Gasteiger partial charge in [-0.25, -0.2) is 0 Å². The normalized spacial score (nSPS) is 11.7. The SMILES string of the molecule is CCCCCCCCCSCCCCCCCCN(CCCCCCCC(=O)OC(CCCCCCCC)CCCCCCCC)CCCNc1c(NC)c(=O)c1=O. The lowest BCUT2D eigenvalue weighted by Crippen LogP contribution is -2.37. The van der Waals surface area contributed by atoms with E-state index in [0.29, 0.717) is 24.3 Å². The summed E-state index contributed by atoms with van der Waals surface area (Å²) >= 11 is 2.16. The second-order valence-corrected chi connectivity index (χ2v) is 18.6. The average molecular weight is 834 g/mol. The van der Waals surface area contributed by atoms with Crippen molar-refractivity contribution in [1.29, 1.82) is 0 Å². The Morgan fingerprint density at radius 3 is 1.40 bits per heavy atom. The third-order valence-corrected chi connectivity index (χ3v) is 13.1. The van der Waals surface area contributed by atoms with Gasteiger partial charge in [0.25, 0.3) is 10.9 Å². The monoisotopic (exact) mass is 834 g/mol. The van der Waals surface area contributed by atoms with E-state index in [1.807, 2.05) is 0 Å². The van der Waals surface area contributed by atoms with Crippen LogP contribution in [0.15, 0.2) is 9.59 Å². The molecule has 0 unspecified atom stereocenters. The van der Waals surface area contributed by atoms with Gasteiger partial charge in [-0.2, -0.15) is 11.8 Å². The van der Waals surface area contributed by atoms with Gasteiger partial charge in [-0.15, -0.1) is 0 Å². The van der Waals surface area contributed by atoms with Crippen LogP contribution in [0.5, 0.6) is 0 Å². The molecule has 0 aliphatic rings. The highest BCUT2D eigenvalue weighted by Gasteiger charge is 2.19. The molecular formula is C50H95N3O4S. The van der Waals surface area contributed by atoms with E-state index in [4.69, 9.17) is 4.74 Å². The molecule has 340 valence electrons. The van der Waals surface area contributed by atoms with Gasteiger partial charge in [0.2, 0.25) is 0 Å². The summed E-state index contributed by atoms with van der Waals surface area (Å²) in [7, 11) is 1.69. The number of ether oxygens (including phenoxy) is 1. The topological polar surface area (TPSA) is 87.7 Å².